The van der Waals surface area contributed by atoms with Crippen molar-refractivity contribution in [3.63, 3.8) is 0 Å². The van der Waals surface area contributed by atoms with Crippen molar-refractivity contribution in [2.45, 2.75) is 35.6 Å². The van der Waals surface area contributed by atoms with Gasteiger partial charge in [-0.1, -0.05) is 0 Å². The smallest absolute Gasteiger partial charge is 0.391 e. The number of rotatable bonds is 11. The monoisotopic (exact) mass is 479 g/mol. The summed E-state index contributed by atoms with van der Waals surface area (Å²) in [7, 11) is -3.82. The molecule has 0 aliphatic heterocycles. The number of hydrogen-bond donors (Lipinski definition) is 2. The van der Waals surface area contributed by atoms with E-state index in [9.17, 15) is 56.7 Å². The summed E-state index contributed by atoms with van der Waals surface area (Å²) in [5.74, 6) is -23.1. The number of alkyl halides is 11. The number of nitrogens with zero attached hydrogens (tertiary/aromatic N) is 1. The van der Waals surface area contributed by atoms with Crippen molar-refractivity contribution in [2.24, 2.45) is 0 Å². The van der Waals surface area contributed by atoms with Gasteiger partial charge in [0, 0.05) is 13.0 Å². The van der Waals surface area contributed by atoms with Crippen LogP contribution in [0.25, 0.3) is 0 Å². The van der Waals surface area contributed by atoms with E-state index in [-0.39, 0.29) is 30.6 Å². The summed E-state index contributed by atoms with van der Waals surface area (Å²) in [6.45, 7) is -1.30. The van der Waals surface area contributed by atoms with Crippen LogP contribution in [0.1, 0.15) is 6.42 Å². The topological polar surface area (TPSA) is 66.4 Å². The van der Waals surface area contributed by atoms with Crippen LogP contribution >= 0.6 is 0 Å². The fraction of sp³-hybridized carbons (Fsp3) is 1.00. The van der Waals surface area contributed by atoms with Crippen molar-refractivity contribution in [3.8, 4) is 0 Å². The first-order valence-corrected chi connectivity index (χ1v) is 9.00. The van der Waals surface area contributed by atoms with E-state index in [1.54, 1.807) is 0 Å². The summed E-state index contributed by atoms with van der Waals surface area (Å²) in [5, 5.41) is 1.74. The lowest BCUT2D eigenvalue weighted by molar-refractivity contribution is -0.890. The summed E-state index contributed by atoms with van der Waals surface area (Å²) in [5.41, 5.74) is 0. The minimum absolute atomic E-state index is 0.000651. The van der Waals surface area contributed by atoms with Crippen LogP contribution in [-0.4, -0.2) is 87.5 Å². The van der Waals surface area contributed by atoms with E-state index < -0.39 is 45.8 Å². The average molecular weight is 479 g/mol. The van der Waals surface area contributed by atoms with Crippen molar-refractivity contribution in [3.05, 3.63) is 0 Å². The maximum Gasteiger partial charge on any atom is 0.460 e. The number of sulfonamides is 1. The van der Waals surface area contributed by atoms with Crippen molar-refractivity contribution < 1.29 is 66.3 Å². The zero-order chi connectivity index (χ0) is 23.7. The normalized spacial score (nSPS) is 15.7. The minimum atomic E-state index is -7.80. The quantitative estimate of drug-likeness (QED) is 0.272. The van der Waals surface area contributed by atoms with Crippen LogP contribution in [0.5, 0.6) is 0 Å². The highest BCUT2D eigenvalue weighted by molar-refractivity contribution is 7.90. The Morgan fingerprint density at radius 3 is 1.62 bits per heavy atom. The molecule has 0 saturated carbocycles. The minimum Gasteiger partial charge on any atom is -0.391 e. The predicted octanol–water partition coefficient (Wildman–Crippen LogP) is 2.43. The Bertz CT molecular complexity index is 662. The van der Waals surface area contributed by atoms with Gasteiger partial charge in [0.05, 0.1) is 27.2 Å². The van der Waals surface area contributed by atoms with E-state index in [0.29, 0.717) is 0 Å². The molecule has 0 amide bonds. The number of aliphatic hydroxyl groups excluding tert-OH is 1. The molecule has 17 heteroatoms. The van der Waals surface area contributed by atoms with Gasteiger partial charge in [-0.25, -0.2) is 13.1 Å². The summed E-state index contributed by atoms with van der Waals surface area (Å²) in [6.07, 6.45) is -7.73. The van der Waals surface area contributed by atoms with E-state index in [0.717, 1.165) is 4.72 Å². The van der Waals surface area contributed by atoms with Crippen LogP contribution in [0.3, 0.4) is 0 Å². The highest BCUT2D eigenvalue weighted by atomic mass is 32.2. The molecule has 2 N–H and O–H groups in total. The molecule has 0 aromatic rings. The Morgan fingerprint density at radius 1 is 0.793 bits per heavy atom. The first-order chi connectivity index (χ1) is 12.5. The summed E-state index contributed by atoms with van der Waals surface area (Å²) in [6, 6.07) is 0. The number of aliphatic hydroxyl groups is 1. The second-order valence-electron chi connectivity index (χ2n) is 6.60. The number of quaternary nitrogens is 1. The number of hydrogen-bond acceptors (Lipinski definition) is 3. The van der Waals surface area contributed by atoms with Crippen LogP contribution in [0.15, 0.2) is 0 Å². The van der Waals surface area contributed by atoms with Gasteiger partial charge in [0.25, 0.3) is 10.0 Å². The Balaban J connectivity index is 5.62. The standard InChI is InChI=1S/C12H18F11N2O3S/c1-25(2,6-7-26)5-3-4-24-29(27,28)12(22,23)10(17,18)8(13,14)9(15,16)11(19,20)21/h24,26H,3-7H2,1-2H3/q+1. The van der Waals surface area contributed by atoms with Crippen molar-refractivity contribution in [1.29, 1.82) is 0 Å². The van der Waals surface area contributed by atoms with Gasteiger partial charge in [-0.05, 0) is 0 Å². The van der Waals surface area contributed by atoms with Gasteiger partial charge in [0.15, 0.2) is 0 Å². The molecule has 0 saturated heterocycles. The average Bonchev–Trinajstić information content (AvgIpc) is 2.49. The zero-order valence-corrected chi connectivity index (χ0v) is 15.6. The second-order valence-corrected chi connectivity index (χ2v) is 8.40. The van der Waals surface area contributed by atoms with Gasteiger partial charge in [-0.15, -0.1) is 0 Å². The number of halogens is 11. The molecular weight excluding hydrogens is 461 g/mol. The molecule has 0 fully saturated rings. The third-order valence-corrected chi connectivity index (χ3v) is 5.30. The largest absolute Gasteiger partial charge is 0.460 e. The van der Waals surface area contributed by atoms with E-state index in [1.165, 1.54) is 14.1 Å². The first kappa shape index (κ1) is 28.1. The van der Waals surface area contributed by atoms with E-state index in [4.69, 9.17) is 5.11 Å². The van der Waals surface area contributed by atoms with Gasteiger partial charge < -0.3 is 9.59 Å². The van der Waals surface area contributed by atoms with Gasteiger partial charge in [0.1, 0.15) is 6.54 Å². The molecule has 0 atom stereocenters. The van der Waals surface area contributed by atoms with Gasteiger partial charge >= 0.3 is 29.2 Å². The van der Waals surface area contributed by atoms with Crippen LogP contribution < -0.4 is 4.72 Å². The van der Waals surface area contributed by atoms with Gasteiger partial charge in [0.2, 0.25) is 0 Å². The molecule has 0 unspecified atom stereocenters. The maximum absolute atomic E-state index is 13.6. The fourth-order valence-electron chi connectivity index (χ4n) is 1.91. The van der Waals surface area contributed by atoms with Crippen molar-refractivity contribution in [1.82, 2.24) is 4.72 Å². The van der Waals surface area contributed by atoms with Gasteiger partial charge in [-0.2, -0.15) is 48.3 Å². The van der Waals surface area contributed by atoms with Crippen LogP contribution in [0.4, 0.5) is 48.3 Å². The summed E-state index contributed by atoms with van der Waals surface area (Å²) < 4.78 is 165. The van der Waals surface area contributed by atoms with Crippen LogP contribution in [0.2, 0.25) is 0 Å². The van der Waals surface area contributed by atoms with E-state index >= 15 is 0 Å². The van der Waals surface area contributed by atoms with Crippen LogP contribution in [0, 0.1) is 0 Å². The summed E-state index contributed by atoms with van der Waals surface area (Å²) >= 11 is 0. The highest BCUT2D eigenvalue weighted by Gasteiger charge is 2.89. The fourth-order valence-corrected chi connectivity index (χ4v) is 2.97. The summed E-state index contributed by atoms with van der Waals surface area (Å²) in [4.78, 5) is 0. The Morgan fingerprint density at radius 2 is 1.24 bits per heavy atom. The van der Waals surface area contributed by atoms with Crippen LogP contribution in [-0.2, 0) is 10.0 Å². The molecule has 0 radical (unpaired) electrons. The van der Waals surface area contributed by atoms with E-state index in [2.05, 4.69) is 0 Å². The molecule has 0 heterocycles. The molecule has 0 spiro atoms. The molecule has 0 aliphatic rings. The first-order valence-electron chi connectivity index (χ1n) is 7.52. The third-order valence-electron chi connectivity index (χ3n) is 3.79. The molecular formula is C12H18F11N2O3S+. The SMILES string of the molecule is C[N+](C)(CCO)CCCNS(=O)(=O)C(F)(F)C(F)(F)C(F)(F)C(F)(F)C(F)(F)F. The molecule has 5 nitrogen and oxygen atoms in total. The highest BCUT2D eigenvalue weighted by Crippen LogP contribution is 2.58. The maximum atomic E-state index is 13.6. The zero-order valence-electron chi connectivity index (χ0n) is 14.8. The lowest BCUT2D eigenvalue weighted by Crippen LogP contribution is -2.69. The molecule has 0 rings (SSSR count). The van der Waals surface area contributed by atoms with E-state index in [1.807, 2.05) is 0 Å². The number of nitrogens with one attached hydrogen (secondary N) is 1. The van der Waals surface area contributed by atoms with Crippen molar-refractivity contribution in [2.75, 3.05) is 40.3 Å². The molecule has 0 aromatic carbocycles. The second kappa shape index (κ2) is 8.30. The Kier molecular flexibility index (Phi) is 8.03. The molecule has 0 aromatic heterocycles. The third kappa shape index (κ3) is 5.22. The number of likely N-dealkylation sites (N-methyl/N-ethyl adjacent to an activating group) is 1. The molecule has 176 valence electrons. The van der Waals surface area contributed by atoms with Gasteiger partial charge in [-0.3, -0.25) is 0 Å². The molecule has 29 heavy (non-hydrogen) atoms. The predicted molar refractivity (Wildman–Crippen MR) is 76.3 cm³/mol. The Hall–Kier alpha value is -0.940. The lowest BCUT2D eigenvalue weighted by Gasteiger charge is -2.36. The molecule has 0 bridgehead atoms. The van der Waals surface area contributed by atoms with Crippen molar-refractivity contribution >= 4 is 10.0 Å². The Labute approximate surface area is 158 Å². The lowest BCUT2D eigenvalue weighted by atomic mass is 10.0. The molecule has 0 aliphatic carbocycles.